The van der Waals surface area contributed by atoms with Crippen LogP contribution in [0.2, 0.25) is 0 Å². The van der Waals surface area contributed by atoms with Crippen LogP contribution in [-0.4, -0.2) is 42.2 Å². The van der Waals surface area contributed by atoms with E-state index in [4.69, 9.17) is 4.74 Å². The number of ether oxygens (including phenoxy) is 1. The number of piperidine rings is 3. The molecule has 41 heavy (non-hydrogen) atoms. The molecule has 6 rings (SSSR count). The maximum atomic E-state index is 13.4. The number of nitrogens with one attached hydrogen (secondary N) is 2. The van der Waals surface area contributed by atoms with Crippen LogP contribution in [0, 0.1) is 11.8 Å². The molecule has 218 valence electrons. The number of benzene rings is 2. The lowest BCUT2D eigenvalue weighted by Crippen LogP contribution is -2.57. The van der Waals surface area contributed by atoms with Gasteiger partial charge < -0.3 is 15.4 Å². The molecule has 3 aliphatic heterocycles. The number of aromatic nitrogens is 1. The molecule has 2 bridgehead atoms. The van der Waals surface area contributed by atoms with E-state index in [2.05, 4.69) is 27.1 Å². The topological polar surface area (TPSA) is 66.5 Å². The number of carbonyl (C=O) groups is 1. The van der Waals surface area contributed by atoms with Crippen molar-refractivity contribution < 1.29 is 35.9 Å². The van der Waals surface area contributed by atoms with E-state index in [-0.39, 0.29) is 18.0 Å². The highest BCUT2D eigenvalue weighted by Gasteiger charge is 2.43. The Bertz CT molecular complexity index is 1430. The van der Waals surface area contributed by atoms with Crippen LogP contribution >= 0.6 is 0 Å². The van der Waals surface area contributed by atoms with E-state index in [1.54, 1.807) is 30.5 Å². The highest BCUT2D eigenvalue weighted by Crippen LogP contribution is 2.43. The SMILES string of the molecule is C=CC1CN2CCC1CC2[C@@H](NC(=O)Nc1cc(C(F)(F)F)cc(C(F)(F)F)c1)c1ccnc2ccc(OC)cc12. The van der Waals surface area contributed by atoms with E-state index in [1.807, 2.05) is 6.08 Å². The van der Waals surface area contributed by atoms with Crippen molar-refractivity contribution in [3.63, 3.8) is 0 Å². The number of hydrogen-bond donors (Lipinski definition) is 2. The van der Waals surface area contributed by atoms with Gasteiger partial charge in [-0.05, 0) is 79.3 Å². The lowest BCUT2D eigenvalue weighted by atomic mass is 9.73. The van der Waals surface area contributed by atoms with Crippen molar-refractivity contribution in [3.05, 3.63) is 78.0 Å². The predicted octanol–water partition coefficient (Wildman–Crippen LogP) is 7.04. The molecule has 3 aromatic rings. The number of rotatable bonds is 6. The number of fused-ring (bicyclic) bond motifs is 4. The minimum absolute atomic E-state index is 0.0183. The Balaban J connectivity index is 1.51. The predicted molar refractivity (Wildman–Crippen MR) is 141 cm³/mol. The van der Waals surface area contributed by atoms with Crippen molar-refractivity contribution in [2.24, 2.45) is 11.8 Å². The summed E-state index contributed by atoms with van der Waals surface area (Å²) in [7, 11) is 1.52. The number of amides is 2. The molecule has 1 aromatic heterocycles. The maximum Gasteiger partial charge on any atom is 0.416 e. The van der Waals surface area contributed by atoms with E-state index < -0.39 is 41.2 Å². The average Bonchev–Trinajstić information content (AvgIpc) is 2.94. The Morgan fingerprint density at radius 3 is 2.39 bits per heavy atom. The van der Waals surface area contributed by atoms with Gasteiger partial charge in [-0.3, -0.25) is 9.88 Å². The summed E-state index contributed by atoms with van der Waals surface area (Å²) >= 11 is 0. The highest BCUT2D eigenvalue weighted by molar-refractivity contribution is 5.91. The number of hydrogen-bond acceptors (Lipinski definition) is 4. The molecule has 5 atom stereocenters. The summed E-state index contributed by atoms with van der Waals surface area (Å²) in [5.41, 5.74) is -2.31. The standard InChI is InChI=1S/C29H28F6N4O2/c1-3-16-15-39-9-7-17(16)10-25(39)26(22-6-8-36-24-5-4-21(41-2)14-23(22)24)38-27(40)37-20-12-18(28(30,31)32)11-19(13-20)29(33,34)35/h3-6,8,11-14,16-17,25-26H,1,7,9-10,15H2,2H3,(H2,37,38,40)/t16?,17?,25?,26-/m0/s1. The lowest BCUT2D eigenvalue weighted by molar-refractivity contribution is -0.143. The minimum Gasteiger partial charge on any atom is -0.497 e. The molecule has 12 heteroatoms. The molecule has 2 N–H and O–H groups in total. The molecule has 0 aliphatic carbocycles. The third-order valence-corrected chi connectivity index (χ3v) is 7.99. The van der Waals surface area contributed by atoms with E-state index in [1.165, 1.54) is 7.11 Å². The van der Waals surface area contributed by atoms with Gasteiger partial charge >= 0.3 is 18.4 Å². The summed E-state index contributed by atoms with van der Waals surface area (Å²) in [4.78, 5) is 19.9. The third kappa shape index (κ3) is 5.97. The zero-order valence-electron chi connectivity index (χ0n) is 22.0. The van der Waals surface area contributed by atoms with E-state index in [9.17, 15) is 31.1 Å². The second-order valence-corrected chi connectivity index (χ2v) is 10.4. The number of pyridine rings is 1. The molecule has 2 aromatic carbocycles. The number of alkyl halides is 6. The summed E-state index contributed by atoms with van der Waals surface area (Å²) in [6.45, 7) is 5.46. The number of halogens is 6. The quantitative estimate of drug-likeness (QED) is 0.243. The van der Waals surface area contributed by atoms with Crippen LogP contribution in [0.1, 0.15) is 35.6 Å². The Kier molecular flexibility index (Phi) is 7.62. The average molecular weight is 579 g/mol. The van der Waals surface area contributed by atoms with Gasteiger partial charge in [-0.15, -0.1) is 6.58 Å². The molecule has 2 amide bonds. The Morgan fingerprint density at radius 2 is 1.80 bits per heavy atom. The van der Waals surface area contributed by atoms with Gasteiger partial charge in [-0.1, -0.05) is 6.08 Å². The van der Waals surface area contributed by atoms with E-state index >= 15 is 0 Å². The number of methoxy groups -OCH3 is 1. The zero-order chi connectivity index (χ0) is 29.5. The summed E-state index contributed by atoms with van der Waals surface area (Å²) < 4.78 is 85.7. The smallest absolute Gasteiger partial charge is 0.416 e. The van der Waals surface area contributed by atoms with Crippen molar-refractivity contribution in [2.75, 3.05) is 25.5 Å². The van der Waals surface area contributed by atoms with Crippen molar-refractivity contribution >= 4 is 22.6 Å². The van der Waals surface area contributed by atoms with Gasteiger partial charge in [-0.25, -0.2) is 4.79 Å². The first-order chi connectivity index (χ1) is 19.4. The minimum atomic E-state index is -5.04. The molecule has 4 unspecified atom stereocenters. The van der Waals surface area contributed by atoms with Gasteiger partial charge in [0.05, 0.1) is 29.8 Å². The molecular weight excluding hydrogens is 550 g/mol. The van der Waals surface area contributed by atoms with Crippen LogP contribution in [0.25, 0.3) is 10.9 Å². The summed E-state index contributed by atoms with van der Waals surface area (Å²) in [5, 5.41) is 5.79. The summed E-state index contributed by atoms with van der Waals surface area (Å²) in [5.74, 6) is 1.18. The van der Waals surface area contributed by atoms with Crippen molar-refractivity contribution in [1.82, 2.24) is 15.2 Å². The normalized spacial score (nSPS) is 23.2. The fraction of sp³-hybridized carbons (Fsp3) is 0.379. The fourth-order valence-corrected chi connectivity index (χ4v) is 5.99. The van der Waals surface area contributed by atoms with Gasteiger partial charge in [0.1, 0.15) is 5.75 Å². The van der Waals surface area contributed by atoms with Crippen LogP contribution < -0.4 is 15.4 Å². The summed E-state index contributed by atoms with van der Waals surface area (Å²) in [6.07, 6.45) is -4.87. The van der Waals surface area contributed by atoms with Crippen LogP contribution in [0.4, 0.5) is 36.8 Å². The van der Waals surface area contributed by atoms with Gasteiger partial charge in [-0.2, -0.15) is 26.3 Å². The largest absolute Gasteiger partial charge is 0.497 e. The number of nitrogens with zero attached hydrogens (tertiary/aromatic N) is 2. The maximum absolute atomic E-state index is 13.4. The number of carbonyl (C=O) groups excluding carboxylic acids is 1. The first-order valence-electron chi connectivity index (χ1n) is 13.0. The second-order valence-electron chi connectivity index (χ2n) is 10.4. The number of anilines is 1. The first kappa shape index (κ1) is 28.7. The van der Waals surface area contributed by atoms with Gasteiger partial charge in [0.15, 0.2) is 0 Å². The second kappa shape index (κ2) is 10.9. The molecule has 0 radical (unpaired) electrons. The molecule has 6 nitrogen and oxygen atoms in total. The highest BCUT2D eigenvalue weighted by atomic mass is 19.4. The Morgan fingerprint density at radius 1 is 1.10 bits per heavy atom. The molecule has 3 fully saturated rings. The summed E-state index contributed by atoms with van der Waals surface area (Å²) in [6, 6.07) is 6.28. The Labute approximate surface area is 232 Å². The molecule has 4 heterocycles. The van der Waals surface area contributed by atoms with E-state index in [0.717, 1.165) is 25.9 Å². The lowest BCUT2D eigenvalue weighted by Gasteiger charge is -2.51. The van der Waals surface area contributed by atoms with Crippen molar-refractivity contribution in [2.45, 2.75) is 37.3 Å². The van der Waals surface area contributed by atoms with Gasteiger partial charge in [0, 0.05) is 29.9 Å². The third-order valence-electron chi connectivity index (χ3n) is 7.99. The monoisotopic (exact) mass is 578 g/mol. The van der Waals surface area contributed by atoms with Crippen molar-refractivity contribution in [1.29, 1.82) is 0 Å². The molecule has 3 saturated heterocycles. The number of urea groups is 1. The van der Waals surface area contributed by atoms with E-state index in [0.29, 0.717) is 40.3 Å². The van der Waals surface area contributed by atoms with Crippen LogP contribution in [-0.2, 0) is 12.4 Å². The van der Waals surface area contributed by atoms with Crippen LogP contribution in [0.15, 0.2) is 61.3 Å². The molecule has 3 aliphatic rings. The van der Waals surface area contributed by atoms with Crippen LogP contribution in [0.3, 0.4) is 0 Å². The van der Waals surface area contributed by atoms with Gasteiger partial charge in [0.2, 0.25) is 0 Å². The molecule has 0 spiro atoms. The van der Waals surface area contributed by atoms with Gasteiger partial charge in [0.25, 0.3) is 0 Å². The fourth-order valence-electron chi connectivity index (χ4n) is 5.99. The van der Waals surface area contributed by atoms with Crippen molar-refractivity contribution in [3.8, 4) is 5.75 Å². The zero-order valence-corrected chi connectivity index (χ0v) is 22.0. The van der Waals surface area contributed by atoms with Crippen LogP contribution in [0.5, 0.6) is 5.75 Å². The Hall–Kier alpha value is -3.80. The molecular formula is C29H28F6N4O2. The first-order valence-corrected chi connectivity index (χ1v) is 13.0. The molecule has 0 saturated carbocycles.